The summed E-state index contributed by atoms with van der Waals surface area (Å²) in [6.45, 7) is 2.48. The molecule has 2 heterocycles. The Morgan fingerprint density at radius 3 is 2.55 bits per heavy atom. The first kappa shape index (κ1) is 22.2. The molecule has 7 nitrogen and oxygen atoms in total. The number of benzene rings is 2. The molecule has 0 aliphatic heterocycles. The number of rotatable bonds is 9. The van der Waals surface area contributed by atoms with Crippen LogP contribution in [0.3, 0.4) is 0 Å². The summed E-state index contributed by atoms with van der Waals surface area (Å²) < 4.78 is 1.67. The van der Waals surface area contributed by atoms with Gasteiger partial charge in [-0.1, -0.05) is 42.8 Å². The fourth-order valence-corrected chi connectivity index (χ4v) is 3.62. The van der Waals surface area contributed by atoms with Crippen LogP contribution in [-0.2, 0) is 4.79 Å². The maximum absolute atomic E-state index is 12.5. The molecule has 0 aliphatic carbocycles. The number of hydrogen-bond donors (Lipinski definition) is 2. The van der Waals surface area contributed by atoms with Crippen LogP contribution in [0.5, 0.6) is 0 Å². The molecule has 0 bridgehead atoms. The highest BCUT2D eigenvalue weighted by atomic mass is 16.2. The van der Waals surface area contributed by atoms with Gasteiger partial charge in [-0.25, -0.2) is 4.98 Å². The minimum absolute atomic E-state index is 0.0646. The third-order valence-corrected chi connectivity index (χ3v) is 5.30. The fraction of sp³-hybridized carbons (Fsp3) is 0.231. The van der Waals surface area contributed by atoms with Crippen LogP contribution < -0.4 is 10.6 Å². The van der Waals surface area contributed by atoms with Crippen molar-refractivity contribution in [1.29, 1.82) is 0 Å². The second kappa shape index (κ2) is 10.5. The summed E-state index contributed by atoms with van der Waals surface area (Å²) in [4.78, 5) is 29.2. The first-order valence-corrected chi connectivity index (χ1v) is 11.2. The molecule has 0 saturated heterocycles. The Morgan fingerprint density at radius 1 is 0.909 bits per heavy atom. The van der Waals surface area contributed by atoms with Gasteiger partial charge in [-0.3, -0.25) is 9.59 Å². The van der Waals surface area contributed by atoms with E-state index in [1.54, 1.807) is 16.8 Å². The molecule has 0 radical (unpaired) electrons. The van der Waals surface area contributed by atoms with Crippen LogP contribution >= 0.6 is 0 Å². The van der Waals surface area contributed by atoms with Crippen molar-refractivity contribution in [2.45, 2.75) is 32.6 Å². The maximum atomic E-state index is 12.5. The summed E-state index contributed by atoms with van der Waals surface area (Å²) >= 11 is 0. The SMILES string of the molecule is Cc1cc(NC(=O)CCCCCNC(=O)c2ccccc2)n(-c2ccc3ccccc3n2)n1. The summed E-state index contributed by atoms with van der Waals surface area (Å²) in [6.07, 6.45) is 2.83. The molecule has 2 aromatic heterocycles. The van der Waals surface area contributed by atoms with Crippen LogP contribution in [0.1, 0.15) is 41.7 Å². The molecule has 0 atom stereocenters. The summed E-state index contributed by atoms with van der Waals surface area (Å²) in [7, 11) is 0. The molecule has 0 saturated carbocycles. The Bertz CT molecular complexity index is 1250. The average molecular weight is 442 g/mol. The molecule has 0 unspecified atom stereocenters. The third-order valence-electron chi connectivity index (χ3n) is 5.30. The Balaban J connectivity index is 1.25. The highest BCUT2D eigenvalue weighted by Gasteiger charge is 2.12. The van der Waals surface area contributed by atoms with Gasteiger partial charge in [-0.05, 0) is 50.1 Å². The van der Waals surface area contributed by atoms with Crippen LogP contribution in [0, 0.1) is 6.92 Å². The smallest absolute Gasteiger partial charge is 0.251 e. The number of fused-ring (bicyclic) bond motifs is 1. The molecule has 2 amide bonds. The average Bonchev–Trinajstić information content (AvgIpc) is 3.21. The lowest BCUT2D eigenvalue weighted by molar-refractivity contribution is -0.116. The first-order chi connectivity index (χ1) is 16.1. The van der Waals surface area contributed by atoms with Gasteiger partial charge in [0.25, 0.3) is 5.91 Å². The number of carbonyl (C=O) groups is 2. The minimum atomic E-state index is -0.0701. The first-order valence-electron chi connectivity index (χ1n) is 11.2. The van der Waals surface area contributed by atoms with Crippen molar-refractivity contribution in [3.05, 3.63) is 84.1 Å². The number of carbonyl (C=O) groups excluding carboxylic acids is 2. The standard InChI is InChI=1S/C26H27N5O2/c1-19-18-24(31(30-19)23-16-15-20-10-7-8-13-22(20)28-23)29-25(32)14-6-3-9-17-27-26(33)21-11-4-2-5-12-21/h2,4-5,7-8,10-13,15-16,18H,3,6,9,14,17H2,1H3,(H,27,33)(H,29,32). The summed E-state index contributed by atoms with van der Waals surface area (Å²) in [5.41, 5.74) is 2.33. The lowest BCUT2D eigenvalue weighted by atomic mass is 10.1. The van der Waals surface area contributed by atoms with Crippen molar-refractivity contribution >= 4 is 28.5 Å². The molecule has 2 aromatic carbocycles. The number of unbranched alkanes of at least 4 members (excludes halogenated alkanes) is 2. The van der Waals surface area contributed by atoms with Gasteiger partial charge < -0.3 is 10.6 Å². The van der Waals surface area contributed by atoms with E-state index < -0.39 is 0 Å². The lowest BCUT2D eigenvalue weighted by Gasteiger charge is -2.09. The van der Waals surface area contributed by atoms with Crippen LogP contribution in [0.15, 0.2) is 72.8 Å². The van der Waals surface area contributed by atoms with Gasteiger partial charge in [-0.15, -0.1) is 0 Å². The van der Waals surface area contributed by atoms with E-state index in [4.69, 9.17) is 0 Å². The number of aryl methyl sites for hydroxylation is 1. The van der Waals surface area contributed by atoms with E-state index in [1.807, 2.05) is 67.6 Å². The van der Waals surface area contributed by atoms with Crippen molar-refractivity contribution in [3.8, 4) is 5.82 Å². The van der Waals surface area contributed by atoms with Gasteiger partial charge in [-0.2, -0.15) is 9.78 Å². The van der Waals surface area contributed by atoms with E-state index in [-0.39, 0.29) is 11.8 Å². The molecule has 7 heteroatoms. The highest BCUT2D eigenvalue weighted by molar-refractivity contribution is 5.94. The fourth-order valence-electron chi connectivity index (χ4n) is 3.62. The van der Waals surface area contributed by atoms with E-state index in [1.165, 1.54) is 0 Å². The van der Waals surface area contributed by atoms with Gasteiger partial charge in [0.05, 0.1) is 11.2 Å². The van der Waals surface area contributed by atoms with Gasteiger partial charge in [0.2, 0.25) is 5.91 Å². The molecule has 0 aliphatic rings. The van der Waals surface area contributed by atoms with Crippen molar-refractivity contribution in [3.63, 3.8) is 0 Å². The van der Waals surface area contributed by atoms with E-state index in [0.717, 1.165) is 35.9 Å². The van der Waals surface area contributed by atoms with E-state index in [0.29, 0.717) is 30.2 Å². The van der Waals surface area contributed by atoms with Gasteiger partial charge in [0.15, 0.2) is 5.82 Å². The minimum Gasteiger partial charge on any atom is -0.352 e. The number of pyridine rings is 1. The van der Waals surface area contributed by atoms with Gasteiger partial charge in [0, 0.05) is 30.0 Å². The highest BCUT2D eigenvalue weighted by Crippen LogP contribution is 2.19. The normalized spacial score (nSPS) is 10.8. The Hall–Kier alpha value is -4.00. The zero-order valence-electron chi connectivity index (χ0n) is 18.6. The third kappa shape index (κ3) is 5.83. The summed E-state index contributed by atoms with van der Waals surface area (Å²) in [5, 5.41) is 11.4. The summed E-state index contributed by atoms with van der Waals surface area (Å²) in [6, 6.07) is 22.8. The zero-order valence-corrected chi connectivity index (χ0v) is 18.6. The molecule has 0 spiro atoms. The maximum Gasteiger partial charge on any atom is 0.251 e. The number of para-hydroxylation sites is 1. The van der Waals surface area contributed by atoms with Crippen molar-refractivity contribution < 1.29 is 9.59 Å². The topological polar surface area (TPSA) is 88.9 Å². The number of hydrogen-bond acceptors (Lipinski definition) is 4. The summed E-state index contributed by atoms with van der Waals surface area (Å²) in [5.74, 6) is 1.13. The molecule has 2 N–H and O–H groups in total. The van der Waals surface area contributed by atoms with Crippen molar-refractivity contribution in [1.82, 2.24) is 20.1 Å². The van der Waals surface area contributed by atoms with Crippen molar-refractivity contribution in [2.24, 2.45) is 0 Å². The lowest BCUT2D eigenvalue weighted by Crippen LogP contribution is -2.24. The Morgan fingerprint density at radius 2 is 1.70 bits per heavy atom. The number of nitrogens with zero attached hydrogens (tertiary/aromatic N) is 3. The number of amides is 2. The Kier molecular flexibility index (Phi) is 7.09. The monoisotopic (exact) mass is 441 g/mol. The molecular weight excluding hydrogens is 414 g/mol. The number of nitrogens with one attached hydrogen (secondary N) is 2. The van der Waals surface area contributed by atoms with E-state index in [9.17, 15) is 9.59 Å². The van der Waals surface area contributed by atoms with E-state index in [2.05, 4.69) is 20.7 Å². The number of anilines is 1. The van der Waals surface area contributed by atoms with Crippen molar-refractivity contribution in [2.75, 3.05) is 11.9 Å². The van der Waals surface area contributed by atoms with Crippen LogP contribution in [0.2, 0.25) is 0 Å². The van der Waals surface area contributed by atoms with Crippen LogP contribution in [0.4, 0.5) is 5.82 Å². The predicted molar refractivity (Wildman–Crippen MR) is 129 cm³/mol. The quantitative estimate of drug-likeness (QED) is 0.370. The van der Waals surface area contributed by atoms with E-state index >= 15 is 0 Å². The number of aromatic nitrogens is 3. The predicted octanol–water partition coefficient (Wildman–Crippen LogP) is 4.66. The molecule has 4 aromatic rings. The van der Waals surface area contributed by atoms with Crippen LogP contribution in [-0.4, -0.2) is 33.1 Å². The zero-order chi connectivity index (χ0) is 23.0. The van der Waals surface area contributed by atoms with Crippen LogP contribution in [0.25, 0.3) is 16.7 Å². The van der Waals surface area contributed by atoms with Gasteiger partial charge in [0.1, 0.15) is 5.82 Å². The second-order valence-electron chi connectivity index (χ2n) is 7.93. The molecule has 33 heavy (non-hydrogen) atoms. The van der Waals surface area contributed by atoms with Gasteiger partial charge >= 0.3 is 0 Å². The molecule has 168 valence electrons. The Labute approximate surface area is 192 Å². The largest absolute Gasteiger partial charge is 0.352 e. The molecule has 0 fully saturated rings. The second-order valence-corrected chi connectivity index (χ2v) is 7.93. The molecule has 4 rings (SSSR count). The molecular formula is C26H27N5O2.